The number of nitrogens with one attached hydrogen (secondary N) is 1. The number of methoxy groups -OCH3 is 1. The van der Waals surface area contributed by atoms with Crippen molar-refractivity contribution in [1.29, 1.82) is 0 Å². The Labute approximate surface area is 218 Å². The average Bonchev–Trinajstić information content (AvgIpc) is 3.39. The third kappa shape index (κ3) is 4.20. The summed E-state index contributed by atoms with van der Waals surface area (Å²) in [6.07, 6.45) is 1.84. The summed E-state index contributed by atoms with van der Waals surface area (Å²) in [4.78, 5) is 9.02. The molecule has 5 rings (SSSR count). The Morgan fingerprint density at radius 2 is 1.64 bits per heavy atom. The minimum Gasteiger partial charge on any atom is -0.497 e. The van der Waals surface area contributed by atoms with Gasteiger partial charge in [-0.3, -0.25) is 4.98 Å². The van der Waals surface area contributed by atoms with E-state index >= 15 is 0 Å². The summed E-state index contributed by atoms with van der Waals surface area (Å²) in [5, 5.41) is 4.27. The van der Waals surface area contributed by atoms with Gasteiger partial charge in [0.05, 0.1) is 24.9 Å². The molecule has 0 bridgehead atoms. The predicted octanol–water partition coefficient (Wildman–Crippen LogP) is 5.74. The highest BCUT2D eigenvalue weighted by molar-refractivity contribution is 7.80. The Morgan fingerprint density at radius 3 is 2.25 bits per heavy atom. The molecule has 1 fully saturated rings. The molecule has 36 heavy (non-hydrogen) atoms. The van der Waals surface area contributed by atoms with Crippen LogP contribution < -0.4 is 19.9 Å². The standard InChI is InChI=1S/C29H31N5OS/c1-19-18-25(20(2)33(19)22-13-15-24(35-5)16-14-22)28-27(26-8-6-7-17-30-26)31-29(36)34(28)23-11-9-21(10-12-23)32(3)4/h6-18,27-28H,1-5H3,(H,31,36)/t27-,28-/m0/s1. The summed E-state index contributed by atoms with van der Waals surface area (Å²) in [7, 11) is 5.78. The first-order chi connectivity index (χ1) is 17.4. The van der Waals surface area contributed by atoms with Gasteiger partial charge < -0.3 is 24.4 Å². The van der Waals surface area contributed by atoms with Crippen LogP contribution in [-0.2, 0) is 0 Å². The van der Waals surface area contributed by atoms with Gasteiger partial charge in [0.15, 0.2) is 5.11 Å². The largest absolute Gasteiger partial charge is 0.497 e. The summed E-state index contributed by atoms with van der Waals surface area (Å²) in [5.74, 6) is 0.842. The Balaban J connectivity index is 1.63. The maximum atomic E-state index is 5.92. The van der Waals surface area contributed by atoms with Crippen LogP contribution in [0, 0.1) is 13.8 Å². The second-order valence-electron chi connectivity index (χ2n) is 9.27. The van der Waals surface area contributed by atoms with Crippen molar-refractivity contribution in [3.05, 3.63) is 102 Å². The van der Waals surface area contributed by atoms with E-state index in [4.69, 9.17) is 21.9 Å². The molecule has 2 aromatic carbocycles. The Kier molecular flexibility index (Phi) is 6.41. The quantitative estimate of drug-likeness (QED) is 0.343. The third-order valence-electron chi connectivity index (χ3n) is 6.86. The zero-order chi connectivity index (χ0) is 25.4. The van der Waals surface area contributed by atoms with Gasteiger partial charge in [0.2, 0.25) is 0 Å². The second-order valence-corrected chi connectivity index (χ2v) is 9.65. The van der Waals surface area contributed by atoms with Gasteiger partial charge >= 0.3 is 0 Å². The van der Waals surface area contributed by atoms with Gasteiger partial charge in [-0.15, -0.1) is 0 Å². The van der Waals surface area contributed by atoms with Gasteiger partial charge in [0.25, 0.3) is 0 Å². The Morgan fingerprint density at radius 1 is 0.944 bits per heavy atom. The number of hydrogen-bond acceptors (Lipinski definition) is 4. The lowest BCUT2D eigenvalue weighted by molar-refractivity contribution is 0.414. The van der Waals surface area contributed by atoms with Crippen molar-refractivity contribution in [2.45, 2.75) is 25.9 Å². The number of rotatable bonds is 6. The number of aryl methyl sites for hydroxylation is 1. The highest BCUT2D eigenvalue weighted by atomic mass is 32.1. The first kappa shape index (κ1) is 23.9. The van der Waals surface area contributed by atoms with Crippen molar-refractivity contribution < 1.29 is 4.74 Å². The maximum Gasteiger partial charge on any atom is 0.174 e. The number of anilines is 2. The van der Waals surface area contributed by atoms with Gasteiger partial charge in [-0.25, -0.2) is 0 Å². The number of benzene rings is 2. The van der Waals surface area contributed by atoms with E-state index in [0.29, 0.717) is 5.11 Å². The molecule has 6 nitrogen and oxygen atoms in total. The van der Waals surface area contributed by atoms with Crippen molar-refractivity contribution in [2.75, 3.05) is 31.0 Å². The van der Waals surface area contributed by atoms with Crippen molar-refractivity contribution in [1.82, 2.24) is 14.9 Å². The Hall–Kier alpha value is -3.84. The zero-order valence-electron chi connectivity index (χ0n) is 21.3. The normalized spacial score (nSPS) is 17.2. The lowest BCUT2D eigenvalue weighted by Crippen LogP contribution is -2.29. The van der Waals surface area contributed by atoms with Gasteiger partial charge in [0.1, 0.15) is 5.75 Å². The number of ether oxygens (including phenoxy) is 1. The van der Waals surface area contributed by atoms with Crippen LogP contribution in [-0.4, -0.2) is 35.9 Å². The number of hydrogen-bond donors (Lipinski definition) is 1. The molecule has 0 amide bonds. The van der Waals surface area contributed by atoms with E-state index in [1.807, 2.05) is 44.6 Å². The molecule has 4 aromatic rings. The number of aromatic nitrogens is 2. The van der Waals surface area contributed by atoms with Gasteiger partial charge in [-0.1, -0.05) is 6.07 Å². The Bertz CT molecular complexity index is 1360. The SMILES string of the molecule is COc1ccc(-n2c(C)cc([C@H]3[C@H](c4ccccn4)NC(=S)N3c3ccc(N(C)C)cc3)c2C)cc1. The second kappa shape index (κ2) is 9.66. The summed E-state index contributed by atoms with van der Waals surface area (Å²) in [5.41, 5.74) is 7.80. The molecule has 0 spiro atoms. The molecule has 0 aliphatic carbocycles. The summed E-state index contributed by atoms with van der Waals surface area (Å²) in [6.45, 7) is 4.32. The van der Waals surface area contributed by atoms with Crippen LogP contribution in [0.2, 0.25) is 0 Å². The van der Waals surface area contributed by atoms with Crippen LogP contribution >= 0.6 is 12.2 Å². The van der Waals surface area contributed by atoms with E-state index in [2.05, 4.69) is 82.1 Å². The predicted molar refractivity (Wildman–Crippen MR) is 150 cm³/mol. The summed E-state index contributed by atoms with van der Waals surface area (Å²) in [6, 6.07) is 24.9. The van der Waals surface area contributed by atoms with Crippen LogP contribution in [0.4, 0.5) is 11.4 Å². The van der Waals surface area contributed by atoms with E-state index in [1.54, 1.807) is 7.11 Å². The molecule has 2 aromatic heterocycles. The molecule has 7 heteroatoms. The smallest absolute Gasteiger partial charge is 0.174 e. The van der Waals surface area contributed by atoms with Crippen LogP contribution in [0.25, 0.3) is 5.69 Å². The molecular formula is C29H31N5OS. The van der Waals surface area contributed by atoms with Crippen LogP contribution in [0.3, 0.4) is 0 Å². The van der Waals surface area contributed by atoms with E-state index in [0.717, 1.165) is 34.2 Å². The van der Waals surface area contributed by atoms with Crippen molar-refractivity contribution >= 4 is 28.7 Å². The van der Waals surface area contributed by atoms with E-state index in [-0.39, 0.29) is 12.1 Å². The van der Waals surface area contributed by atoms with Crippen LogP contribution in [0.5, 0.6) is 5.75 Å². The zero-order valence-corrected chi connectivity index (χ0v) is 22.1. The molecule has 0 saturated carbocycles. The molecule has 1 N–H and O–H groups in total. The highest BCUT2D eigenvalue weighted by Crippen LogP contribution is 2.44. The van der Waals surface area contributed by atoms with Gasteiger partial charge in [-0.2, -0.15) is 0 Å². The van der Waals surface area contributed by atoms with Crippen LogP contribution in [0.1, 0.15) is 34.7 Å². The maximum absolute atomic E-state index is 5.92. The van der Waals surface area contributed by atoms with Crippen LogP contribution in [0.15, 0.2) is 79.0 Å². The molecular weight excluding hydrogens is 466 g/mol. The summed E-state index contributed by atoms with van der Waals surface area (Å²) < 4.78 is 7.66. The fourth-order valence-corrected chi connectivity index (χ4v) is 5.42. The number of pyridine rings is 1. The number of nitrogens with zero attached hydrogens (tertiary/aromatic N) is 4. The fourth-order valence-electron chi connectivity index (χ4n) is 5.08. The molecule has 2 atom stereocenters. The molecule has 1 aliphatic heterocycles. The minimum absolute atomic E-state index is 0.0594. The van der Waals surface area contributed by atoms with E-state index in [9.17, 15) is 0 Å². The fraction of sp³-hybridized carbons (Fsp3) is 0.241. The molecule has 1 saturated heterocycles. The average molecular weight is 498 g/mol. The molecule has 3 heterocycles. The van der Waals surface area contributed by atoms with E-state index < -0.39 is 0 Å². The highest BCUT2D eigenvalue weighted by Gasteiger charge is 2.42. The molecule has 0 radical (unpaired) electrons. The van der Waals surface area contributed by atoms with Crippen molar-refractivity contribution in [2.24, 2.45) is 0 Å². The molecule has 1 aliphatic rings. The number of thiocarbonyl (C=S) groups is 1. The van der Waals surface area contributed by atoms with Crippen molar-refractivity contribution in [3.63, 3.8) is 0 Å². The lowest BCUT2D eigenvalue weighted by atomic mass is 9.96. The topological polar surface area (TPSA) is 45.6 Å². The molecule has 0 unspecified atom stereocenters. The molecule has 184 valence electrons. The third-order valence-corrected chi connectivity index (χ3v) is 7.18. The summed E-state index contributed by atoms with van der Waals surface area (Å²) >= 11 is 5.92. The first-order valence-corrected chi connectivity index (χ1v) is 12.4. The lowest BCUT2D eigenvalue weighted by Gasteiger charge is -2.28. The first-order valence-electron chi connectivity index (χ1n) is 12.0. The van der Waals surface area contributed by atoms with Crippen molar-refractivity contribution in [3.8, 4) is 11.4 Å². The van der Waals surface area contributed by atoms with Gasteiger partial charge in [0, 0.05) is 48.7 Å². The minimum atomic E-state index is -0.0861. The van der Waals surface area contributed by atoms with Gasteiger partial charge in [-0.05, 0) is 98.4 Å². The van der Waals surface area contributed by atoms with E-state index in [1.165, 1.54) is 11.3 Å². The monoisotopic (exact) mass is 497 g/mol.